The Morgan fingerprint density at radius 2 is 0.507 bits per heavy atom. The van der Waals surface area contributed by atoms with Crippen LogP contribution in [0.5, 0.6) is 47.0 Å². The predicted molar refractivity (Wildman–Crippen MR) is 554 cm³/mol. The smallest absolute Gasteiger partial charge is 0.320 e. The number of hydrogen-bond acceptors (Lipinski definition) is 24. The molecule has 8 heterocycles. The number of phenols is 4. The molecule has 0 fully saturated rings. The van der Waals surface area contributed by atoms with Gasteiger partial charge in [0.1, 0.15) is 67.7 Å². The molecule has 0 aliphatic rings. The molecule has 4 unspecified atom stereocenters. The number of rotatable bonds is 36. The van der Waals surface area contributed by atoms with E-state index in [-0.39, 0.29) is 47.0 Å². The van der Waals surface area contributed by atoms with E-state index in [9.17, 15) is 20.4 Å². The molecule has 12 aromatic carbocycles. The summed E-state index contributed by atoms with van der Waals surface area (Å²) in [6.07, 6.45) is 17.9. The zero-order valence-electron chi connectivity index (χ0n) is 80.3. The first kappa shape index (κ1) is 96.0. The molecule has 0 aliphatic heterocycles. The number of aromatic hydroxyl groups is 4. The molecule has 140 heavy (non-hydrogen) atoms. The van der Waals surface area contributed by atoms with E-state index >= 15 is 0 Å². The first-order chi connectivity index (χ1) is 68.7. The number of benzene rings is 12. The number of aromatic nitrogens is 12. The molecule has 0 amide bonds. The SMILES string of the molecule is CCCCC(CC)COc1nc(-c2ccc3c(c2)oc2ccccc23)nc(-c2ccccc2O)n1.CCCCC(CC)COc1nc(-c2ccc3oc4ccccc4c3c2)nc(-c2ccccc2O)n1.CCCCC(CC)COc1nc(-c2ccccc2O)nc(-c2cccc3c2oc2ccccc23)n1.CCCCC(CC)COc1nc(-c2ccccc2O)nc(-c2cccc3oc4ccccc4c23)n1. The maximum absolute atomic E-state index is 10.5. The van der Waals surface area contributed by atoms with E-state index < -0.39 is 0 Å². The third-order valence-corrected chi connectivity index (χ3v) is 25.6. The van der Waals surface area contributed by atoms with Crippen LogP contribution in [0.15, 0.2) is 285 Å². The molecular weight excluding hydrogens is 1750 g/mol. The maximum atomic E-state index is 10.5. The molecule has 0 spiro atoms. The van der Waals surface area contributed by atoms with Gasteiger partial charge >= 0.3 is 24.0 Å². The van der Waals surface area contributed by atoms with Crippen molar-refractivity contribution in [3.05, 3.63) is 267 Å². The van der Waals surface area contributed by atoms with Crippen molar-refractivity contribution in [3.8, 4) is 138 Å². The first-order valence-corrected chi connectivity index (χ1v) is 49.0. The lowest BCUT2D eigenvalue weighted by atomic mass is 10.0. The largest absolute Gasteiger partial charge is 0.507 e. The minimum absolute atomic E-state index is 0.104. The average Bonchev–Trinajstić information content (AvgIpc) is 1.60. The van der Waals surface area contributed by atoms with E-state index in [1.807, 2.05) is 188 Å². The second-order valence-corrected chi connectivity index (χ2v) is 35.2. The maximum Gasteiger partial charge on any atom is 0.320 e. The number of para-hydroxylation sites is 9. The molecule has 712 valence electrons. The summed E-state index contributed by atoms with van der Waals surface area (Å²) in [6, 6.07) is 84.7. The molecule has 0 radical (unpaired) electrons. The van der Waals surface area contributed by atoms with Gasteiger partial charge in [-0.3, -0.25) is 0 Å². The molecule has 20 rings (SSSR count). The van der Waals surface area contributed by atoms with Crippen molar-refractivity contribution in [2.75, 3.05) is 26.4 Å². The van der Waals surface area contributed by atoms with Crippen molar-refractivity contribution >= 4 is 87.8 Å². The van der Waals surface area contributed by atoms with Gasteiger partial charge in [0.05, 0.1) is 54.2 Å². The Bertz CT molecular complexity index is 7600. The van der Waals surface area contributed by atoms with Crippen molar-refractivity contribution in [1.29, 1.82) is 0 Å². The highest BCUT2D eigenvalue weighted by Gasteiger charge is 2.26. The number of hydrogen-bond donors (Lipinski definition) is 4. The van der Waals surface area contributed by atoms with Gasteiger partial charge in [-0.1, -0.05) is 284 Å². The summed E-state index contributed by atoms with van der Waals surface area (Å²) in [4.78, 5) is 55.8. The van der Waals surface area contributed by atoms with Crippen LogP contribution < -0.4 is 18.9 Å². The van der Waals surface area contributed by atoms with E-state index in [0.717, 1.165) is 181 Å². The fourth-order valence-electron chi connectivity index (χ4n) is 17.3. The van der Waals surface area contributed by atoms with Crippen molar-refractivity contribution in [2.24, 2.45) is 23.7 Å². The number of nitrogens with zero attached hydrogens (tertiary/aromatic N) is 12. The number of fused-ring (bicyclic) bond motifs is 12. The summed E-state index contributed by atoms with van der Waals surface area (Å²) in [7, 11) is 0. The Balaban J connectivity index is 0.000000129. The van der Waals surface area contributed by atoms with Gasteiger partial charge in [0.2, 0.25) is 0 Å². The summed E-state index contributed by atoms with van der Waals surface area (Å²) in [5.41, 5.74) is 11.7. The Hall–Kier alpha value is -15.7. The number of furan rings is 4. The molecule has 20 aromatic rings. The second-order valence-electron chi connectivity index (χ2n) is 35.2. The normalized spacial score (nSPS) is 12.3. The van der Waals surface area contributed by atoms with Gasteiger partial charge in [0, 0.05) is 59.8 Å². The quantitative estimate of drug-likeness (QED) is 0.0283. The average molecular weight is 1870 g/mol. The molecule has 0 bridgehead atoms. The highest BCUT2D eigenvalue weighted by molar-refractivity contribution is 6.13. The van der Waals surface area contributed by atoms with Crippen LogP contribution in [-0.2, 0) is 0 Å². The summed E-state index contributed by atoms with van der Waals surface area (Å²) in [6.45, 7) is 19.7. The molecule has 24 heteroatoms. The van der Waals surface area contributed by atoms with Crippen LogP contribution in [0.1, 0.15) is 158 Å². The van der Waals surface area contributed by atoms with E-state index in [1.54, 1.807) is 72.8 Å². The molecule has 24 nitrogen and oxygen atoms in total. The lowest BCUT2D eigenvalue weighted by Gasteiger charge is -2.15. The summed E-state index contributed by atoms with van der Waals surface area (Å²) in [5.74, 6) is 5.54. The fraction of sp³-hybridized carbons (Fsp3) is 0.276. The predicted octanol–water partition coefficient (Wildman–Crippen LogP) is 29.6. The lowest BCUT2D eigenvalue weighted by Crippen LogP contribution is -2.13. The van der Waals surface area contributed by atoms with Crippen molar-refractivity contribution in [1.82, 2.24) is 59.8 Å². The summed E-state index contributed by atoms with van der Waals surface area (Å²) >= 11 is 0. The van der Waals surface area contributed by atoms with Crippen molar-refractivity contribution in [3.63, 3.8) is 0 Å². The summed E-state index contributed by atoms with van der Waals surface area (Å²) in [5, 5.41) is 50.0. The van der Waals surface area contributed by atoms with E-state index in [0.29, 0.717) is 125 Å². The molecule has 4 atom stereocenters. The summed E-state index contributed by atoms with van der Waals surface area (Å²) < 4.78 is 48.8. The fourth-order valence-corrected chi connectivity index (χ4v) is 17.3. The number of unbranched alkanes of at least 4 members (excludes halogenated alkanes) is 4. The Kier molecular flexibility index (Phi) is 31.5. The number of ether oxygens (including phenoxy) is 4. The lowest BCUT2D eigenvalue weighted by molar-refractivity contribution is 0.217. The van der Waals surface area contributed by atoms with E-state index in [2.05, 4.69) is 101 Å². The Morgan fingerprint density at radius 1 is 0.229 bits per heavy atom. The molecule has 0 saturated carbocycles. The zero-order valence-corrected chi connectivity index (χ0v) is 80.3. The monoisotopic (exact) mass is 1870 g/mol. The Morgan fingerprint density at radius 3 is 0.929 bits per heavy atom. The van der Waals surface area contributed by atoms with Gasteiger partial charge in [-0.25, -0.2) is 19.9 Å². The van der Waals surface area contributed by atoms with Gasteiger partial charge in [-0.15, -0.1) is 0 Å². The first-order valence-electron chi connectivity index (χ1n) is 49.0. The van der Waals surface area contributed by atoms with Crippen LogP contribution in [0, 0.1) is 23.7 Å². The van der Waals surface area contributed by atoms with Gasteiger partial charge in [0.15, 0.2) is 46.6 Å². The zero-order chi connectivity index (χ0) is 96.8. The van der Waals surface area contributed by atoms with E-state index in [1.165, 1.54) is 25.7 Å². The standard InChI is InChI=1S/4C29H29N3O3/c1-3-5-11-19(4-2)18-34-29-31-27(22-13-6-8-16-24(22)33)30-28(32-29)23-15-10-14-21-20-12-7-9-17-25(20)35-26(21)23;1-3-5-11-19(4-2)18-34-29-31-27(20-12-6-8-15-23(20)33)30-28(32-29)22-14-10-17-25-26(22)21-13-7-9-16-24(21)35-25;1-3-5-10-19(4-2)18-34-29-31-27(30-28(32-29)23-12-6-8-13-24(23)33)20-15-16-22-21-11-7-9-14-25(21)35-26(22)17-20;1-3-5-10-19(4-2)18-34-29-31-27(30-28(32-29)22-12-6-8-13-24(22)33)20-15-16-26-23(17-20)21-11-7-9-14-25(21)35-26/h2*6-10,12-17,19,33H,3-5,11,18H2,1-2H3;2*6-9,11-17,19,33H,3-5,10,18H2,1-2H3. The molecular formula is C116H116N12O12. The Labute approximate surface area is 813 Å². The van der Waals surface area contributed by atoms with Crippen molar-refractivity contribution in [2.45, 2.75) is 158 Å². The van der Waals surface area contributed by atoms with Crippen LogP contribution in [0.25, 0.3) is 179 Å². The van der Waals surface area contributed by atoms with E-state index in [4.69, 9.17) is 56.6 Å². The van der Waals surface area contributed by atoms with Crippen LogP contribution in [0.2, 0.25) is 0 Å². The highest BCUT2D eigenvalue weighted by Crippen LogP contribution is 2.43. The molecule has 0 saturated heterocycles. The van der Waals surface area contributed by atoms with Gasteiger partial charge < -0.3 is 57.0 Å². The third kappa shape index (κ3) is 22.6. The van der Waals surface area contributed by atoms with Crippen LogP contribution >= 0.6 is 0 Å². The highest BCUT2D eigenvalue weighted by atomic mass is 16.5. The van der Waals surface area contributed by atoms with Gasteiger partial charge in [-0.05, 0) is 165 Å². The molecule has 0 aliphatic carbocycles. The third-order valence-electron chi connectivity index (χ3n) is 25.6. The topological polar surface area (TPSA) is 325 Å². The minimum Gasteiger partial charge on any atom is -0.507 e. The van der Waals surface area contributed by atoms with Crippen LogP contribution in [0.4, 0.5) is 0 Å². The second kappa shape index (κ2) is 46.0. The van der Waals surface area contributed by atoms with Crippen LogP contribution in [-0.4, -0.2) is 107 Å². The van der Waals surface area contributed by atoms with Crippen molar-refractivity contribution < 1.29 is 57.0 Å². The molecule has 4 N–H and O–H groups in total. The minimum atomic E-state index is 0.104. The molecule has 8 aromatic heterocycles. The van der Waals surface area contributed by atoms with Gasteiger partial charge in [0.25, 0.3) is 0 Å². The number of phenolic OH excluding ortho intramolecular Hbond substituents is 4. The van der Waals surface area contributed by atoms with Crippen LogP contribution in [0.3, 0.4) is 0 Å². The van der Waals surface area contributed by atoms with Gasteiger partial charge in [-0.2, -0.15) is 39.9 Å².